The quantitative estimate of drug-likeness (QED) is 0.515. The second-order valence-corrected chi connectivity index (χ2v) is 6.63. The summed E-state index contributed by atoms with van der Waals surface area (Å²) in [6, 6.07) is 12.0. The van der Waals surface area contributed by atoms with Gasteiger partial charge in [0, 0.05) is 17.2 Å². The molecular weight excluding hydrogens is 387 g/mol. The lowest BCUT2D eigenvalue weighted by molar-refractivity contribution is -0.387. The van der Waals surface area contributed by atoms with Crippen LogP contribution in [0.4, 0.5) is 10.1 Å². The van der Waals surface area contributed by atoms with Crippen LogP contribution in [0.1, 0.15) is 25.7 Å². The third-order valence-electron chi connectivity index (χ3n) is 3.72. The molecule has 2 amide bonds. The third-order valence-corrected chi connectivity index (χ3v) is 4.92. The largest absolute Gasteiger partial charge is 0.305 e. The smallest absolute Gasteiger partial charge is 0.267 e. The first-order valence-electron chi connectivity index (χ1n) is 7.94. The van der Waals surface area contributed by atoms with Crippen LogP contribution in [0.15, 0.2) is 48.5 Å². The summed E-state index contributed by atoms with van der Waals surface area (Å²) in [5, 5.41) is 11.4. The van der Waals surface area contributed by atoms with Gasteiger partial charge in [0.15, 0.2) is 0 Å². The molecule has 3 aromatic rings. The number of benzene rings is 2. The molecular formula is C18H13FN4O4S. The standard InChI is InChI=1S/C18H13FN4O4S/c1-10-15(28-18(20-10)11-5-3-2-4-6-11)17(25)22-21-16(24)12-7-8-13(19)14(9-12)23(26)27/h2-9H,1H3,(H,21,24)(H,22,25). The van der Waals surface area contributed by atoms with Crippen LogP contribution < -0.4 is 10.9 Å². The number of nitrogens with one attached hydrogen (secondary N) is 2. The SMILES string of the molecule is Cc1nc(-c2ccccc2)sc1C(=O)NNC(=O)c1ccc(F)c([N+](=O)[O-])c1. The maximum atomic E-state index is 13.4. The zero-order chi connectivity index (χ0) is 20.3. The molecule has 0 saturated carbocycles. The molecule has 0 bridgehead atoms. The van der Waals surface area contributed by atoms with E-state index in [9.17, 15) is 24.1 Å². The van der Waals surface area contributed by atoms with Gasteiger partial charge in [-0.05, 0) is 19.1 Å². The van der Waals surface area contributed by atoms with Gasteiger partial charge in [-0.1, -0.05) is 30.3 Å². The zero-order valence-corrected chi connectivity index (χ0v) is 15.2. The number of halogens is 1. The number of hydrogen-bond donors (Lipinski definition) is 2. The average molecular weight is 400 g/mol. The molecule has 0 aliphatic rings. The number of carbonyl (C=O) groups is 2. The molecule has 0 radical (unpaired) electrons. The van der Waals surface area contributed by atoms with E-state index >= 15 is 0 Å². The van der Waals surface area contributed by atoms with Gasteiger partial charge in [0.05, 0.1) is 10.6 Å². The van der Waals surface area contributed by atoms with Gasteiger partial charge in [0.2, 0.25) is 5.82 Å². The highest BCUT2D eigenvalue weighted by molar-refractivity contribution is 7.17. The summed E-state index contributed by atoms with van der Waals surface area (Å²) < 4.78 is 13.4. The molecule has 0 aliphatic carbocycles. The van der Waals surface area contributed by atoms with E-state index in [1.54, 1.807) is 6.92 Å². The highest BCUT2D eigenvalue weighted by Crippen LogP contribution is 2.27. The van der Waals surface area contributed by atoms with E-state index in [0.717, 1.165) is 35.1 Å². The number of amides is 2. The van der Waals surface area contributed by atoms with Gasteiger partial charge < -0.3 is 0 Å². The fourth-order valence-corrected chi connectivity index (χ4v) is 3.31. The zero-order valence-electron chi connectivity index (χ0n) is 14.4. The normalized spacial score (nSPS) is 10.4. The highest BCUT2D eigenvalue weighted by Gasteiger charge is 2.20. The maximum absolute atomic E-state index is 13.4. The minimum atomic E-state index is -1.06. The summed E-state index contributed by atoms with van der Waals surface area (Å²) in [5.74, 6) is -2.46. The lowest BCUT2D eigenvalue weighted by Crippen LogP contribution is -2.41. The Morgan fingerprint density at radius 3 is 2.46 bits per heavy atom. The first-order valence-corrected chi connectivity index (χ1v) is 8.76. The van der Waals surface area contributed by atoms with Gasteiger partial charge in [-0.3, -0.25) is 30.6 Å². The van der Waals surface area contributed by atoms with Crippen molar-refractivity contribution in [2.75, 3.05) is 0 Å². The number of nitro groups is 1. The van der Waals surface area contributed by atoms with E-state index in [2.05, 4.69) is 15.8 Å². The van der Waals surface area contributed by atoms with E-state index in [1.165, 1.54) is 0 Å². The maximum Gasteiger partial charge on any atom is 0.305 e. The number of thiazole rings is 1. The Balaban J connectivity index is 1.71. The van der Waals surface area contributed by atoms with Gasteiger partial charge in [0.1, 0.15) is 9.88 Å². The average Bonchev–Trinajstić information content (AvgIpc) is 3.08. The minimum absolute atomic E-state index is 0.167. The van der Waals surface area contributed by atoms with Crippen molar-refractivity contribution in [3.05, 3.63) is 80.6 Å². The van der Waals surface area contributed by atoms with Crippen LogP contribution in [0.3, 0.4) is 0 Å². The number of aryl methyl sites for hydroxylation is 1. The summed E-state index contributed by atoms with van der Waals surface area (Å²) in [6.07, 6.45) is 0. The van der Waals surface area contributed by atoms with Gasteiger partial charge in [0.25, 0.3) is 11.8 Å². The summed E-state index contributed by atoms with van der Waals surface area (Å²) in [6.45, 7) is 1.67. The van der Waals surface area contributed by atoms with Crippen LogP contribution in [0.25, 0.3) is 10.6 Å². The number of hydrogen-bond acceptors (Lipinski definition) is 6. The Bertz CT molecular complexity index is 1070. The molecule has 8 nitrogen and oxygen atoms in total. The number of nitro benzene ring substituents is 1. The van der Waals surface area contributed by atoms with Crippen molar-refractivity contribution < 1.29 is 18.9 Å². The molecule has 142 valence electrons. The van der Waals surface area contributed by atoms with Crippen LogP contribution in [0.2, 0.25) is 0 Å². The molecule has 0 saturated heterocycles. The van der Waals surface area contributed by atoms with E-state index < -0.39 is 28.2 Å². The predicted octanol–water partition coefficient (Wildman–Crippen LogP) is 3.24. The third kappa shape index (κ3) is 4.01. The summed E-state index contributed by atoms with van der Waals surface area (Å²) in [5.41, 5.74) is 4.74. The Labute approximate surface area is 162 Å². The van der Waals surface area contributed by atoms with Crippen molar-refractivity contribution in [3.8, 4) is 10.6 Å². The van der Waals surface area contributed by atoms with Crippen LogP contribution >= 0.6 is 11.3 Å². The van der Waals surface area contributed by atoms with Crippen LogP contribution in [-0.4, -0.2) is 21.7 Å². The summed E-state index contributed by atoms with van der Waals surface area (Å²) in [4.78, 5) is 38.9. The van der Waals surface area contributed by atoms with Gasteiger partial charge in [-0.15, -0.1) is 11.3 Å². The first kappa shape index (κ1) is 19.1. The van der Waals surface area contributed by atoms with Gasteiger partial charge in [-0.25, -0.2) is 4.98 Å². The lowest BCUT2D eigenvalue weighted by atomic mass is 10.2. The Hall–Kier alpha value is -3.66. The van der Waals surface area contributed by atoms with Crippen molar-refractivity contribution in [1.82, 2.24) is 15.8 Å². The molecule has 0 spiro atoms. The molecule has 3 rings (SSSR count). The van der Waals surface area contributed by atoms with E-state index in [1.807, 2.05) is 30.3 Å². The number of nitrogens with zero attached hydrogens (tertiary/aromatic N) is 2. The molecule has 0 fully saturated rings. The predicted molar refractivity (Wildman–Crippen MR) is 100 cm³/mol. The van der Waals surface area contributed by atoms with Crippen LogP contribution in [-0.2, 0) is 0 Å². The van der Waals surface area contributed by atoms with Crippen LogP contribution in [0, 0.1) is 22.9 Å². The van der Waals surface area contributed by atoms with E-state index in [-0.39, 0.29) is 5.56 Å². The number of rotatable bonds is 4. The molecule has 1 aromatic heterocycles. The van der Waals surface area contributed by atoms with E-state index in [4.69, 9.17) is 0 Å². The molecule has 2 N–H and O–H groups in total. The second-order valence-electron chi connectivity index (χ2n) is 5.63. The first-order chi connectivity index (χ1) is 13.4. The molecule has 2 aromatic carbocycles. The molecule has 10 heteroatoms. The lowest BCUT2D eigenvalue weighted by Gasteiger charge is -2.06. The van der Waals surface area contributed by atoms with Crippen molar-refractivity contribution in [2.24, 2.45) is 0 Å². The fourth-order valence-electron chi connectivity index (χ4n) is 2.35. The molecule has 0 unspecified atom stereocenters. The molecule has 0 aliphatic heterocycles. The Morgan fingerprint density at radius 2 is 1.79 bits per heavy atom. The number of aromatic nitrogens is 1. The van der Waals surface area contributed by atoms with Crippen molar-refractivity contribution in [1.29, 1.82) is 0 Å². The second kappa shape index (κ2) is 7.92. The topological polar surface area (TPSA) is 114 Å². The molecule has 28 heavy (non-hydrogen) atoms. The minimum Gasteiger partial charge on any atom is -0.267 e. The molecule has 0 atom stereocenters. The number of hydrazine groups is 1. The Morgan fingerprint density at radius 1 is 1.11 bits per heavy atom. The number of carbonyl (C=O) groups excluding carboxylic acids is 2. The van der Waals surface area contributed by atoms with Gasteiger partial charge in [-0.2, -0.15) is 4.39 Å². The fraction of sp³-hybridized carbons (Fsp3) is 0.0556. The highest BCUT2D eigenvalue weighted by atomic mass is 32.1. The summed E-state index contributed by atoms with van der Waals surface area (Å²) >= 11 is 1.16. The van der Waals surface area contributed by atoms with E-state index in [0.29, 0.717) is 15.6 Å². The monoisotopic (exact) mass is 400 g/mol. The molecule has 1 heterocycles. The van der Waals surface area contributed by atoms with Crippen molar-refractivity contribution in [3.63, 3.8) is 0 Å². The van der Waals surface area contributed by atoms with Crippen LogP contribution in [0.5, 0.6) is 0 Å². The summed E-state index contributed by atoms with van der Waals surface area (Å²) in [7, 11) is 0. The van der Waals surface area contributed by atoms with Crippen molar-refractivity contribution >= 4 is 28.8 Å². The van der Waals surface area contributed by atoms with Gasteiger partial charge >= 0.3 is 5.69 Å². The Kier molecular flexibility index (Phi) is 5.41. The van der Waals surface area contributed by atoms with Crippen molar-refractivity contribution in [2.45, 2.75) is 6.92 Å².